The number of aliphatic hydroxyl groups is 2. The molecule has 0 fully saturated rings. The number of nitrogen functional groups attached to an aromatic ring is 1. The van der Waals surface area contributed by atoms with Crippen LogP contribution in [0.2, 0.25) is 0 Å². The first-order valence-electron chi connectivity index (χ1n) is 4.84. The maximum atomic E-state index is 10.7. The fourth-order valence-corrected chi connectivity index (χ4v) is 1.07. The Kier molecular flexibility index (Phi) is 3.81. The molecular weight excluding hydrogens is 228 g/mol. The van der Waals surface area contributed by atoms with Crippen LogP contribution in [0.3, 0.4) is 0 Å². The average molecular weight is 242 g/mol. The van der Waals surface area contributed by atoms with E-state index in [1.807, 2.05) is 0 Å². The normalized spacial score (nSPS) is 14.1. The van der Waals surface area contributed by atoms with Crippen LogP contribution in [0.1, 0.15) is 6.92 Å². The van der Waals surface area contributed by atoms with Gasteiger partial charge in [-0.1, -0.05) is 0 Å². The number of rotatable bonds is 5. The quantitative estimate of drug-likeness (QED) is 0.412. The van der Waals surface area contributed by atoms with Gasteiger partial charge in [0.25, 0.3) is 0 Å². The molecule has 17 heavy (non-hydrogen) atoms. The molecule has 0 aromatic carbocycles. The molecule has 0 aliphatic heterocycles. The van der Waals surface area contributed by atoms with Gasteiger partial charge in [0.1, 0.15) is 11.4 Å². The zero-order valence-corrected chi connectivity index (χ0v) is 9.25. The zero-order valence-electron chi connectivity index (χ0n) is 9.25. The highest BCUT2D eigenvalue weighted by molar-refractivity contribution is 5.59. The maximum absolute atomic E-state index is 10.7. The number of aliphatic hydroxyl groups excluding tert-OH is 1. The highest BCUT2D eigenvalue weighted by Gasteiger charge is 2.22. The Morgan fingerprint density at radius 2 is 2.29 bits per heavy atom. The van der Waals surface area contributed by atoms with E-state index < -0.39 is 17.1 Å². The van der Waals surface area contributed by atoms with Crippen molar-refractivity contribution in [1.29, 1.82) is 0 Å². The first-order chi connectivity index (χ1) is 7.85. The number of pyridine rings is 1. The summed E-state index contributed by atoms with van der Waals surface area (Å²) in [5.41, 5.74) is 3.78. The van der Waals surface area contributed by atoms with E-state index in [-0.39, 0.29) is 23.9 Å². The molecule has 1 atom stereocenters. The molecule has 8 heteroatoms. The summed E-state index contributed by atoms with van der Waals surface area (Å²) in [5.74, 6) is 0.0884. The van der Waals surface area contributed by atoms with Crippen molar-refractivity contribution in [3.63, 3.8) is 0 Å². The lowest BCUT2D eigenvalue weighted by Crippen LogP contribution is -2.37. The van der Waals surface area contributed by atoms with E-state index >= 15 is 0 Å². The molecule has 0 spiro atoms. The van der Waals surface area contributed by atoms with Crippen LogP contribution in [-0.2, 0) is 0 Å². The third-order valence-electron chi connectivity index (χ3n) is 2.07. The Balaban J connectivity index is 2.89. The third kappa shape index (κ3) is 3.54. The lowest BCUT2D eigenvalue weighted by molar-refractivity contribution is -0.384. The van der Waals surface area contributed by atoms with Gasteiger partial charge < -0.3 is 21.3 Å². The van der Waals surface area contributed by atoms with Crippen LogP contribution in [0.5, 0.6) is 0 Å². The smallest absolute Gasteiger partial charge is 0.311 e. The number of nitrogens with one attached hydrogen (secondary N) is 1. The summed E-state index contributed by atoms with van der Waals surface area (Å²) in [4.78, 5) is 13.9. The summed E-state index contributed by atoms with van der Waals surface area (Å²) >= 11 is 0. The van der Waals surface area contributed by atoms with E-state index in [2.05, 4.69) is 10.3 Å². The Bertz CT molecular complexity index is 421. The predicted molar refractivity (Wildman–Crippen MR) is 61.5 cm³/mol. The van der Waals surface area contributed by atoms with Gasteiger partial charge in [-0.15, -0.1) is 0 Å². The number of nitrogens with zero attached hydrogens (tertiary/aromatic N) is 2. The van der Waals surface area contributed by atoms with Gasteiger partial charge in [0.15, 0.2) is 0 Å². The van der Waals surface area contributed by atoms with Crippen LogP contribution >= 0.6 is 0 Å². The second-order valence-corrected chi connectivity index (χ2v) is 3.87. The third-order valence-corrected chi connectivity index (χ3v) is 2.07. The first-order valence-corrected chi connectivity index (χ1v) is 4.84. The minimum atomic E-state index is -1.39. The number of nitrogens with two attached hydrogens (primary N) is 1. The maximum Gasteiger partial charge on any atom is 0.311 e. The summed E-state index contributed by atoms with van der Waals surface area (Å²) in [6.45, 7) is 0.828. The average Bonchev–Trinajstić information content (AvgIpc) is 2.26. The van der Waals surface area contributed by atoms with Crippen LogP contribution < -0.4 is 11.1 Å². The van der Waals surface area contributed by atoms with Crippen LogP contribution in [-0.4, -0.2) is 38.9 Å². The molecule has 1 aromatic heterocycles. The van der Waals surface area contributed by atoms with E-state index in [0.717, 1.165) is 0 Å². The molecule has 0 amide bonds. The zero-order chi connectivity index (χ0) is 13.1. The van der Waals surface area contributed by atoms with Gasteiger partial charge in [-0.05, 0) is 13.0 Å². The summed E-state index contributed by atoms with van der Waals surface area (Å²) in [6.07, 6.45) is 0. The molecule has 0 aliphatic carbocycles. The molecule has 0 saturated carbocycles. The highest BCUT2D eigenvalue weighted by atomic mass is 16.6. The second kappa shape index (κ2) is 4.93. The van der Waals surface area contributed by atoms with Crippen molar-refractivity contribution in [1.82, 2.24) is 4.98 Å². The minimum Gasteiger partial charge on any atom is -0.393 e. The molecule has 0 radical (unpaired) electrons. The topological polar surface area (TPSA) is 135 Å². The lowest BCUT2D eigenvalue weighted by Gasteiger charge is -2.20. The number of aromatic nitrogens is 1. The molecule has 0 aliphatic rings. The molecule has 5 N–H and O–H groups in total. The van der Waals surface area contributed by atoms with Crippen molar-refractivity contribution in [2.24, 2.45) is 0 Å². The van der Waals surface area contributed by atoms with Gasteiger partial charge in [-0.3, -0.25) is 10.1 Å². The van der Waals surface area contributed by atoms with Gasteiger partial charge in [0, 0.05) is 12.6 Å². The Hall–Kier alpha value is -1.93. The van der Waals surface area contributed by atoms with E-state index in [0.29, 0.717) is 0 Å². The van der Waals surface area contributed by atoms with Crippen molar-refractivity contribution in [3.05, 3.63) is 22.2 Å². The van der Waals surface area contributed by atoms with E-state index in [9.17, 15) is 15.2 Å². The molecule has 1 rings (SSSR count). The van der Waals surface area contributed by atoms with Gasteiger partial charge in [-0.25, -0.2) is 4.98 Å². The molecule has 8 nitrogen and oxygen atoms in total. The number of anilines is 2. The van der Waals surface area contributed by atoms with Crippen molar-refractivity contribution >= 4 is 17.3 Å². The number of nitro groups is 1. The van der Waals surface area contributed by atoms with Gasteiger partial charge in [-0.2, -0.15) is 0 Å². The number of hydrogen-bond acceptors (Lipinski definition) is 7. The highest BCUT2D eigenvalue weighted by Crippen LogP contribution is 2.23. The van der Waals surface area contributed by atoms with Crippen LogP contribution in [0, 0.1) is 10.1 Å². The standard InChI is InChI=1S/C9H14N4O4/c1-9(15,5-14)4-11-8-6(13(16)17)2-3-7(10)12-8/h2-3,14-15H,4-5H2,1H3,(H3,10,11,12). The predicted octanol–water partition coefficient (Wildman–Crippen LogP) is -0.273. The minimum absolute atomic E-state index is 0.0382. The Labute approximate surface area is 97.2 Å². The molecule has 1 unspecified atom stereocenters. The van der Waals surface area contributed by atoms with Crippen LogP contribution in [0.4, 0.5) is 17.3 Å². The largest absolute Gasteiger partial charge is 0.393 e. The molecule has 1 heterocycles. The van der Waals surface area contributed by atoms with Crippen molar-refractivity contribution in [2.75, 3.05) is 24.2 Å². The van der Waals surface area contributed by atoms with E-state index in [1.165, 1.54) is 19.1 Å². The summed E-state index contributed by atoms with van der Waals surface area (Å²) in [5, 5.41) is 31.7. The van der Waals surface area contributed by atoms with E-state index in [1.54, 1.807) is 0 Å². The Morgan fingerprint density at radius 1 is 1.65 bits per heavy atom. The SMILES string of the molecule is CC(O)(CO)CNc1nc(N)ccc1[N+](=O)[O-]. The van der Waals surface area contributed by atoms with Crippen LogP contribution in [0.15, 0.2) is 12.1 Å². The summed E-state index contributed by atoms with van der Waals surface area (Å²) < 4.78 is 0. The number of hydrogen-bond donors (Lipinski definition) is 4. The van der Waals surface area contributed by atoms with Crippen molar-refractivity contribution in [3.8, 4) is 0 Å². The fourth-order valence-electron chi connectivity index (χ4n) is 1.07. The van der Waals surface area contributed by atoms with Gasteiger partial charge in [0.05, 0.1) is 11.5 Å². The fraction of sp³-hybridized carbons (Fsp3) is 0.444. The van der Waals surface area contributed by atoms with Crippen molar-refractivity contribution < 1.29 is 15.1 Å². The molecule has 94 valence electrons. The lowest BCUT2D eigenvalue weighted by atomic mass is 10.1. The monoisotopic (exact) mass is 242 g/mol. The molecule has 1 aromatic rings. The van der Waals surface area contributed by atoms with Crippen LogP contribution in [0.25, 0.3) is 0 Å². The Morgan fingerprint density at radius 3 is 2.82 bits per heavy atom. The van der Waals surface area contributed by atoms with Gasteiger partial charge >= 0.3 is 5.69 Å². The molecule has 0 bridgehead atoms. The van der Waals surface area contributed by atoms with Gasteiger partial charge in [0.2, 0.25) is 5.82 Å². The van der Waals surface area contributed by atoms with E-state index in [4.69, 9.17) is 10.8 Å². The molecule has 0 saturated heterocycles. The summed E-state index contributed by atoms with van der Waals surface area (Å²) in [6, 6.07) is 2.53. The first kappa shape index (κ1) is 13.1. The summed E-state index contributed by atoms with van der Waals surface area (Å²) in [7, 11) is 0. The molecular formula is C9H14N4O4. The van der Waals surface area contributed by atoms with Crippen molar-refractivity contribution in [2.45, 2.75) is 12.5 Å². The second-order valence-electron chi connectivity index (χ2n) is 3.87.